The van der Waals surface area contributed by atoms with Crippen LogP contribution in [0.15, 0.2) is 53.1 Å². The second kappa shape index (κ2) is 7.57. The van der Waals surface area contributed by atoms with Crippen LogP contribution in [0.2, 0.25) is 0 Å². The summed E-state index contributed by atoms with van der Waals surface area (Å²) in [6, 6.07) is 10.3. The summed E-state index contributed by atoms with van der Waals surface area (Å²) in [5.41, 5.74) is 1.17. The van der Waals surface area contributed by atoms with Crippen LogP contribution in [0.25, 0.3) is 16.6 Å². The Morgan fingerprint density at radius 2 is 2.04 bits per heavy atom. The first-order chi connectivity index (χ1) is 12.5. The molecule has 1 heterocycles. The van der Waals surface area contributed by atoms with Crippen molar-refractivity contribution in [1.29, 1.82) is 0 Å². The van der Waals surface area contributed by atoms with E-state index in [1.165, 1.54) is 13.2 Å². The van der Waals surface area contributed by atoms with E-state index < -0.39 is 17.6 Å². The van der Waals surface area contributed by atoms with Crippen LogP contribution >= 0.6 is 11.8 Å². The number of hydrogen-bond donors (Lipinski definition) is 2. The molecular weight excluding hydrogens is 362 g/mol. The maximum Gasteiger partial charge on any atom is 0.345 e. The number of H-pyrrole nitrogens is 1. The summed E-state index contributed by atoms with van der Waals surface area (Å²) in [6.07, 6.45) is 0. The number of methoxy groups -OCH3 is 1. The fourth-order valence-corrected chi connectivity index (χ4v) is 3.13. The topological polar surface area (TPSA) is 75.2 Å². The Balaban J connectivity index is 1.93. The molecule has 0 saturated carbocycles. The fourth-order valence-electron chi connectivity index (χ4n) is 2.33. The molecule has 0 unspecified atom stereocenters. The van der Waals surface area contributed by atoms with Gasteiger partial charge < -0.3 is 14.8 Å². The first kappa shape index (κ1) is 17.9. The lowest BCUT2D eigenvalue weighted by Gasteiger charge is -2.08. The molecule has 2 N–H and O–H groups in total. The zero-order valence-electron chi connectivity index (χ0n) is 13.6. The maximum atomic E-state index is 13.7. The molecule has 1 aromatic heterocycles. The van der Waals surface area contributed by atoms with Crippen LogP contribution < -0.4 is 0 Å². The van der Waals surface area contributed by atoms with Crippen molar-refractivity contribution in [2.45, 2.75) is 4.90 Å². The minimum atomic E-state index is -0.776. The van der Waals surface area contributed by atoms with Crippen LogP contribution in [0, 0.1) is 11.6 Å². The van der Waals surface area contributed by atoms with Crippen molar-refractivity contribution in [3.05, 3.63) is 65.7 Å². The van der Waals surface area contributed by atoms with Crippen LogP contribution in [0.4, 0.5) is 8.78 Å². The number of aliphatic hydroxyl groups is 1. The molecule has 5 nitrogen and oxygen atoms in total. The van der Waals surface area contributed by atoms with Crippen LogP contribution in [0.3, 0.4) is 0 Å². The molecule has 0 aliphatic heterocycles. The van der Waals surface area contributed by atoms with Gasteiger partial charge in [0, 0.05) is 11.0 Å². The molecule has 0 aliphatic rings. The zero-order chi connectivity index (χ0) is 18.7. The molecule has 0 atom stereocenters. The number of para-hydroxylation sites is 2. The second-order valence-corrected chi connectivity index (χ2v) is 6.30. The van der Waals surface area contributed by atoms with Crippen LogP contribution in [-0.2, 0) is 9.53 Å². The molecule has 134 valence electrons. The summed E-state index contributed by atoms with van der Waals surface area (Å²) in [4.78, 5) is 19.5. The summed E-state index contributed by atoms with van der Waals surface area (Å²) < 4.78 is 31.4. The summed E-state index contributed by atoms with van der Waals surface area (Å²) in [7, 11) is 1.19. The Morgan fingerprint density at radius 3 is 2.73 bits per heavy atom. The van der Waals surface area contributed by atoms with Gasteiger partial charge >= 0.3 is 5.97 Å². The smallest absolute Gasteiger partial charge is 0.345 e. The number of nitrogens with zero attached hydrogens (tertiary/aromatic N) is 1. The third-order valence-electron chi connectivity index (χ3n) is 3.56. The van der Waals surface area contributed by atoms with E-state index in [0.717, 1.165) is 23.9 Å². The van der Waals surface area contributed by atoms with E-state index in [1.54, 1.807) is 24.3 Å². The van der Waals surface area contributed by atoms with Crippen LogP contribution in [0.1, 0.15) is 5.82 Å². The molecule has 8 heteroatoms. The molecular formula is C18H14F2N2O3S. The van der Waals surface area contributed by atoms with Gasteiger partial charge in [0.15, 0.2) is 0 Å². The molecule has 3 aromatic rings. The number of aromatic nitrogens is 2. The van der Waals surface area contributed by atoms with E-state index in [-0.39, 0.29) is 27.8 Å². The molecule has 2 aromatic carbocycles. The molecule has 0 aliphatic carbocycles. The molecule has 0 fully saturated rings. The Morgan fingerprint density at radius 1 is 1.27 bits per heavy atom. The number of thioether (sulfide) groups is 1. The van der Waals surface area contributed by atoms with Crippen molar-refractivity contribution < 1.29 is 23.4 Å². The lowest BCUT2D eigenvalue weighted by molar-refractivity contribution is -0.133. The summed E-state index contributed by atoms with van der Waals surface area (Å²) in [5.74, 6) is -2.51. The monoisotopic (exact) mass is 376 g/mol. The Hall–Kier alpha value is -2.87. The highest BCUT2D eigenvalue weighted by Crippen LogP contribution is 2.27. The predicted molar refractivity (Wildman–Crippen MR) is 94.7 cm³/mol. The Labute approximate surface area is 151 Å². The molecule has 3 rings (SSSR count). The average Bonchev–Trinajstić information content (AvgIpc) is 3.04. The number of aliphatic hydroxyl groups excluding tert-OH is 1. The van der Waals surface area contributed by atoms with Gasteiger partial charge in [-0.25, -0.2) is 18.6 Å². The summed E-state index contributed by atoms with van der Waals surface area (Å²) in [5, 5.41) is 10.4. The highest BCUT2D eigenvalue weighted by atomic mass is 32.2. The number of benzene rings is 2. The first-order valence-corrected chi connectivity index (χ1v) is 8.51. The third kappa shape index (κ3) is 3.70. The van der Waals surface area contributed by atoms with Gasteiger partial charge in [0.2, 0.25) is 0 Å². The van der Waals surface area contributed by atoms with Crippen molar-refractivity contribution in [2.24, 2.45) is 0 Å². The Bertz CT molecular complexity index is 968. The number of aromatic amines is 1. The van der Waals surface area contributed by atoms with Gasteiger partial charge in [0.05, 0.1) is 23.9 Å². The van der Waals surface area contributed by atoms with Crippen molar-refractivity contribution in [3.8, 4) is 0 Å². The van der Waals surface area contributed by atoms with E-state index in [9.17, 15) is 18.7 Å². The number of fused-ring (bicyclic) bond motifs is 1. The SMILES string of the molecule is COC(=O)/C(=C(\O)CSc1ccc(F)cc1F)c1nc2ccccc2[nH]1. The highest BCUT2D eigenvalue weighted by Gasteiger charge is 2.22. The number of hydrogen-bond acceptors (Lipinski definition) is 5. The predicted octanol–water partition coefficient (Wildman–Crippen LogP) is 4.08. The van der Waals surface area contributed by atoms with Gasteiger partial charge in [0.25, 0.3) is 0 Å². The molecule has 0 saturated heterocycles. The van der Waals surface area contributed by atoms with E-state index in [2.05, 4.69) is 9.97 Å². The van der Waals surface area contributed by atoms with Gasteiger partial charge in [-0.15, -0.1) is 11.8 Å². The van der Waals surface area contributed by atoms with E-state index in [1.807, 2.05) is 0 Å². The van der Waals surface area contributed by atoms with Crippen molar-refractivity contribution in [2.75, 3.05) is 12.9 Å². The van der Waals surface area contributed by atoms with Crippen molar-refractivity contribution in [1.82, 2.24) is 9.97 Å². The number of imidazole rings is 1. The molecule has 0 bridgehead atoms. The number of carbonyl (C=O) groups is 1. The number of carbonyl (C=O) groups excluding carboxylic acids is 1. The number of halogens is 2. The largest absolute Gasteiger partial charge is 0.510 e. The third-order valence-corrected chi connectivity index (χ3v) is 4.62. The summed E-state index contributed by atoms with van der Waals surface area (Å²) >= 11 is 0.923. The lowest BCUT2D eigenvalue weighted by Crippen LogP contribution is -2.09. The van der Waals surface area contributed by atoms with E-state index >= 15 is 0 Å². The maximum absolute atomic E-state index is 13.7. The molecule has 0 amide bonds. The first-order valence-electron chi connectivity index (χ1n) is 7.53. The Kier molecular flexibility index (Phi) is 5.22. The molecule has 0 spiro atoms. The normalized spacial score (nSPS) is 12.1. The van der Waals surface area contributed by atoms with Gasteiger partial charge in [-0.05, 0) is 24.3 Å². The minimum Gasteiger partial charge on any atom is -0.510 e. The van der Waals surface area contributed by atoms with E-state index in [4.69, 9.17) is 4.74 Å². The van der Waals surface area contributed by atoms with Gasteiger partial charge in [-0.3, -0.25) is 0 Å². The van der Waals surface area contributed by atoms with Crippen LogP contribution in [-0.4, -0.2) is 33.9 Å². The van der Waals surface area contributed by atoms with Crippen molar-refractivity contribution >= 4 is 34.3 Å². The average molecular weight is 376 g/mol. The highest BCUT2D eigenvalue weighted by molar-refractivity contribution is 7.99. The van der Waals surface area contributed by atoms with Gasteiger partial charge in [0.1, 0.15) is 28.8 Å². The number of esters is 1. The van der Waals surface area contributed by atoms with Gasteiger partial charge in [-0.2, -0.15) is 0 Å². The minimum absolute atomic E-state index is 0.121. The van der Waals surface area contributed by atoms with E-state index in [0.29, 0.717) is 11.0 Å². The van der Waals surface area contributed by atoms with Gasteiger partial charge in [-0.1, -0.05) is 12.1 Å². The van der Waals surface area contributed by atoms with Crippen LogP contribution in [0.5, 0.6) is 0 Å². The second-order valence-electron chi connectivity index (χ2n) is 5.28. The summed E-state index contributed by atoms with van der Waals surface area (Å²) in [6.45, 7) is 0. The number of rotatable bonds is 5. The lowest BCUT2D eigenvalue weighted by atomic mass is 10.2. The molecule has 26 heavy (non-hydrogen) atoms. The number of nitrogens with one attached hydrogen (secondary N) is 1. The fraction of sp³-hybridized carbons (Fsp3) is 0.111. The van der Waals surface area contributed by atoms with Crippen molar-refractivity contribution in [3.63, 3.8) is 0 Å². The quantitative estimate of drug-likeness (QED) is 0.304. The standard InChI is InChI=1S/C18H14F2N2O3S/c1-25-18(24)16(17-21-12-4-2-3-5-13(12)22-17)14(23)9-26-15-7-6-10(19)8-11(15)20/h2-8,23H,9H2,1H3,(H,21,22)/b16-14-. The zero-order valence-corrected chi connectivity index (χ0v) is 14.4. The molecule has 0 radical (unpaired) electrons. The number of ether oxygens (including phenoxy) is 1.